The Balaban J connectivity index is 1.51. The fourth-order valence-corrected chi connectivity index (χ4v) is 4.07. The van der Waals surface area contributed by atoms with Gasteiger partial charge in [-0.05, 0) is 62.3 Å². The van der Waals surface area contributed by atoms with E-state index in [0.29, 0.717) is 11.6 Å². The van der Waals surface area contributed by atoms with Gasteiger partial charge in [-0.2, -0.15) is 0 Å². The molecule has 0 unspecified atom stereocenters. The highest BCUT2D eigenvalue weighted by molar-refractivity contribution is 6.04. The van der Waals surface area contributed by atoms with E-state index in [-0.39, 0.29) is 5.91 Å². The van der Waals surface area contributed by atoms with Gasteiger partial charge in [0.25, 0.3) is 5.91 Å². The van der Waals surface area contributed by atoms with Gasteiger partial charge in [0.05, 0.1) is 0 Å². The highest BCUT2D eigenvalue weighted by atomic mass is 16.1. The van der Waals surface area contributed by atoms with Crippen LogP contribution in [0.15, 0.2) is 48.5 Å². The normalized spacial score (nSPS) is 15.5. The van der Waals surface area contributed by atoms with Gasteiger partial charge in [-0.3, -0.25) is 14.6 Å². The Morgan fingerprint density at radius 3 is 2.03 bits per heavy atom. The molecule has 2 aromatic carbocycles. The zero-order valence-electron chi connectivity index (χ0n) is 19.6. The molecule has 5 heteroatoms. The molecular weight excluding hydrogens is 384 g/mol. The number of likely N-dealkylation sites (N-methyl/N-ethyl adjacent to an activating group) is 1. The van der Waals surface area contributed by atoms with Gasteiger partial charge in [0.1, 0.15) is 0 Å². The Labute approximate surface area is 188 Å². The number of rotatable bonds is 9. The summed E-state index contributed by atoms with van der Waals surface area (Å²) < 4.78 is 0. The van der Waals surface area contributed by atoms with E-state index >= 15 is 0 Å². The Morgan fingerprint density at radius 1 is 0.903 bits per heavy atom. The smallest absolute Gasteiger partial charge is 0.255 e. The summed E-state index contributed by atoms with van der Waals surface area (Å²) in [4.78, 5) is 20.0. The van der Waals surface area contributed by atoms with Crippen LogP contribution in [0, 0.1) is 0 Å². The van der Waals surface area contributed by atoms with Gasteiger partial charge in [0.15, 0.2) is 0 Å². The van der Waals surface area contributed by atoms with E-state index in [4.69, 9.17) is 0 Å². The topological polar surface area (TPSA) is 38.8 Å². The van der Waals surface area contributed by atoms with E-state index in [1.54, 1.807) is 0 Å². The van der Waals surface area contributed by atoms with Crippen molar-refractivity contribution in [2.24, 2.45) is 0 Å². The minimum absolute atomic E-state index is 0.0637. The summed E-state index contributed by atoms with van der Waals surface area (Å²) in [6.07, 6.45) is 0. The third-order valence-corrected chi connectivity index (χ3v) is 6.27. The number of benzene rings is 2. The first-order valence-electron chi connectivity index (χ1n) is 11.7. The third-order valence-electron chi connectivity index (χ3n) is 6.27. The molecule has 1 saturated heterocycles. The van der Waals surface area contributed by atoms with Crippen molar-refractivity contribution in [1.82, 2.24) is 14.7 Å². The van der Waals surface area contributed by atoms with Gasteiger partial charge in [0.2, 0.25) is 0 Å². The van der Waals surface area contributed by atoms with Crippen molar-refractivity contribution in [1.29, 1.82) is 0 Å². The van der Waals surface area contributed by atoms with Crippen LogP contribution in [0.2, 0.25) is 0 Å². The molecule has 1 fully saturated rings. The van der Waals surface area contributed by atoms with Crippen molar-refractivity contribution >= 4 is 11.6 Å². The van der Waals surface area contributed by atoms with Crippen LogP contribution in [-0.4, -0.2) is 65.9 Å². The molecule has 2 aromatic rings. The zero-order valence-corrected chi connectivity index (χ0v) is 19.6. The third kappa shape index (κ3) is 6.89. The molecule has 1 N–H and O–H groups in total. The van der Waals surface area contributed by atoms with Crippen LogP contribution in [0.3, 0.4) is 0 Å². The molecule has 3 rings (SSSR count). The maximum Gasteiger partial charge on any atom is 0.255 e. The second-order valence-corrected chi connectivity index (χ2v) is 8.72. The number of carbonyl (C=O) groups excluding carboxylic acids is 1. The maximum absolute atomic E-state index is 12.6. The highest BCUT2D eigenvalue weighted by Gasteiger charge is 2.15. The minimum atomic E-state index is -0.0637. The highest BCUT2D eigenvalue weighted by Crippen LogP contribution is 2.15. The lowest BCUT2D eigenvalue weighted by molar-refractivity contribution is 0.102. The van der Waals surface area contributed by atoms with Gasteiger partial charge < -0.3 is 10.2 Å². The van der Waals surface area contributed by atoms with Crippen molar-refractivity contribution in [3.05, 3.63) is 65.2 Å². The van der Waals surface area contributed by atoms with Crippen LogP contribution in [0.25, 0.3) is 0 Å². The van der Waals surface area contributed by atoms with Crippen molar-refractivity contribution in [2.75, 3.05) is 44.6 Å². The van der Waals surface area contributed by atoms with Gasteiger partial charge in [0, 0.05) is 56.6 Å². The molecule has 0 spiro atoms. The van der Waals surface area contributed by atoms with E-state index in [0.717, 1.165) is 58.0 Å². The van der Waals surface area contributed by atoms with Crippen LogP contribution >= 0.6 is 0 Å². The lowest BCUT2D eigenvalue weighted by atomic mass is 10.1. The minimum Gasteiger partial charge on any atom is -0.322 e. The van der Waals surface area contributed by atoms with Crippen LogP contribution < -0.4 is 5.32 Å². The molecule has 1 aliphatic rings. The summed E-state index contributed by atoms with van der Waals surface area (Å²) >= 11 is 0. The van der Waals surface area contributed by atoms with E-state index < -0.39 is 0 Å². The first-order valence-corrected chi connectivity index (χ1v) is 11.7. The zero-order chi connectivity index (χ0) is 22.2. The molecule has 31 heavy (non-hydrogen) atoms. The molecule has 0 aromatic heterocycles. The lowest BCUT2D eigenvalue weighted by Crippen LogP contribution is -2.45. The molecule has 0 radical (unpaired) electrons. The largest absolute Gasteiger partial charge is 0.322 e. The quantitative estimate of drug-likeness (QED) is 0.654. The number of piperazine rings is 1. The predicted molar refractivity (Wildman–Crippen MR) is 129 cm³/mol. The van der Waals surface area contributed by atoms with E-state index in [1.807, 2.05) is 24.3 Å². The van der Waals surface area contributed by atoms with Crippen molar-refractivity contribution in [3.63, 3.8) is 0 Å². The standard InChI is InChI=1S/C26H38N4O/c1-5-28-15-17-29(18-16-28)19-22-9-13-25(14-10-22)27-26(31)24-11-7-23(8-12-24)20-30(6-2)21(3)4/h7-14,21H,5-6,15-20H2,1-4H3,(H,27,31). The monoisotopic (exact) mass is 422 g/mol. The first kappa shape index (κ1) is 23.5. The molecular formula is C26H38N4O. The maximum atomic E-state index is 12.6. The SMILES string of the molecule is CCN1CCN(Cc2ccc(NC(=O)c3ccc(CN(CC)C(C)C)cc3)cc2)CC1. The van der Waals surface area contributed by atoms with Crippen LogP contribution in [-0.2, 0) is 13.1 Å². The molecule has 0 bridgehead atoms. The Kier molecular flexibility index (Phi) is 8.64. The molecule has 1 heterocycles. The number of hydrogen-bond donors (Lipinski definition) is 1. The van der Waals surface area contributed by atoms with Crippen LogP contribution in [0.1, 0.15) is 49.2 Å². The summed E-state index contributed by atoms with van der Waals surface area (Å²) in [5, 5.41) is 3.02. The number of hydrogen-bond acceptors (Lipinski definition) is 4. The fraction of sp³-hybridized carbons (Fsp3) is 0.500. The number of anilines is 1. The van der Waals surface area contributed by atoms with Crippen LogP contribution in [0.4, 0.5) is 5.69 Å². The van der Waals surface area contributed by atoms with Crippen molar-refractivity contribution in [2.45, 2.75) is 46.8 Å². The molecule has 168 valence electrons. The molecule has 0 aliphatic carbocycles. The summed E-state index contributed by atoms with van der Waals surface area (Å²) in [7, 11) is 0. The molecule has 0 atom stereocenters. The van der Waals surface area contributed by atoms with Crippen LogP contribution in [0.5, 0.6) is 0 Å². The Hall–Kier alpha value is -2.21. The number of nitrogens with one attached hydrogen (secondary N) is 1. The number of carbonyl (C=O) groups is 1. The van der Waals surface area contributed by atoms with Gasteiger partial charge in [-0.25, -0.2) is 0 Å². The molecule has 5 nitrogen and oxygen atoms in total. The predicted octanol–water partition coefficient (Wildman–Crippen LogP) is 4.31. The summed E-state index contributed by atoms with van der Waals surface area (Å²) in [5.74, 6) is -0.0637. The molecule has 1 amide bonds. The van der Waals surface area contributed by atoms with Gasteiger partial charge in [-0.1, -0.05) is 38.1 Å². The fourth-order valence-electron chi connectivity index (χ4n) is 4.07. The Bertz CT molecular complexity index is 808. The second-order valence-electron chi connectivity index (χ2n) is 8.72. The summed E-state index contributed by atoms with van der Waals surface area (Å²) in [6, 6.07) is 16.7. The van der Waals surface area contributed by atoms with Crippen molar-refractivity contribution < 1.29 is 4.79 Å². The average molecular weight is 423 g/mol. The Morgan fingerprint density at radius 2 is 1.48 bits per heavy atom. The average Bonchev–Trinajstić information content (AvgIpc) is 2.79. The van der Waals surface area contributed by atoms with Gasteiger partial charge >= 0.3 is 0 Å². The number of amides is 1. The van der Waals surface area contributed by atoms with Gasteiger partial charge in [-0.15, -0.1) is 0 Å². The van der Waals surface area contributed by atoms with E-state index in [1.165, 1.54) is 11.1 Å². The van der Waals surface area contributed by atoms with Crippen molar-refractivity contribution in [3.8, 4) is 0 Å². The molecule has 0 saturated carbocycles. The van der Waals surface area contributed by atoms with E-state index in [2.05, 4.69) is 72.0 Å². The van der Waals surface area contributed by atoms with E-state index in [9.17, 15) is 4.79 Å². The summed E-state index contributed by atoms with van der Waals surface area (Å²) in [6.45, 7) is 17.4. The second kappa shape index (κ2) is 11.4. The number of nitrogens with zero attached hydrogens (tertiary/aromatic N) is 3. The first-order chi connectivity index (χ1) is 15.0. The molecule has 1 aliphatic heterocycles. The summed E-state index contributed by atoms with van der Waals surface area (Å²) in [5.41, 5.74) is 4.05. The lowest BCUT2D eigenvalue weighted by Gasteiger charge is -2.34.